The van der Waals surface area contributed by atoms with Crippen LogP contribution in [0.1, 0.15) is 22.5 Å². The molecule has 0 saturated carbocycles. The van der Waals surface area contributed by atoms with Gasteiger partial charge in [-0.05, 0) is 42.7 Å². The van der Waals surface area contributed by atoms with Crippen molar-refractivity contribution in [3.63, 3.8) is 0 Å². The molecule has 0 unspecified atom stereocenters. The van der Waals surface area contributed by atoms with Gasteiger partial charge in [0.1, 0.15) is 11.5 Å². The molecule has 4 heteroatoms. The molecule has 2 heterocycles. The highest BCUT2D eigenvalue weighted by Crippen LogP contribution is 2.38. The molecule has 1 aromatic heterocycles. The van der Waals surface area contributed by atoms with E-state index in [0.717, 1.165) is 36.2 Å². The first-order valence-electron chi connectivity index (χ1n) is 5.93. The average Bonchev–Trinajstić information content (AvgIpc) is 2.88. The monoisotopic (exact) mass is 243 g/mol. The number of nitrogens with one attached hydrogen (secondary N) is 1. The van der Waals surface area contributed by atoms with Crippen LogP contribution < -0.4 is 5.32 Å². The van der Waals surface area contributed by atoms with E-state index in [-0.39, 0.29) is 5.75 Å². The number of phenols is 1. The van der Waals surface area contributed by atoms with Crippen LogP contribution in [0, 0.1) is 0 Å². The van der Waals surface area contributed by atoms with Gasteiger partial charge in [0.25, 0.3) is 0 Å². The minimum absolute atomic E-state index is 0.260. The third-order valence-corrected chi connectivity index (χ3v) is 3.20. The van der Waals surface area contributed by atoms with Gasteiger partial charge in [-0.1, -0.05) is 0 Å². The number of aldehydes is 1. The van der Waals surface area contributed by atoms with Crippen LogP contribution in [0.4, 0.5) is 5.69 Å². The van der Waals surface area contributed by atoms with Crippen molar-refractivity contribution in [3.8, 4) is 17.1 Å². The first-order chi connectivity index (χ1) is 8.79. The number of carbonyl (C=O) groups excluding carboxylic acids is 1. The maximum absolute atomic E-state index is 10.6. The number of fused-ring (bicyclic) bond motifs is 1. The topological polar surface area (TPSA) is 62.5 Å². The third-order valence-electron chi connectivity index (χ3n) is 3.20. The van der Waals surface area contributed by atoms with E-state index in [1.54, 1.807) is 18.2 Å². The molecule has 1 aliphatic rings. The van der Waals surface area contributed by atoms with Crippen LogP contribution in [0.5, 0.6) is 5.75 Å². The Kier molecular flexibility index (Phi) is 2.55. The molecule has 4 nitrogen and oxygen atoms in total. The summed E-state index contributed by atoms with van der Waals surface area (Å²) < 4.78 is 5.45. The molecule has 0 amide bonds. The van der Waals surface area contributed by atoms with Crippen molar-refractivity contribution >= 4 is 12.0 Å². The summed E-state index contributed by atoms with van der Waals surface area (Å²) in [5.41, 5.74) is 2.76. The molecular formula is C14H13NO3. The molecule has 0 aliphatic carbocycles. The number of phenolic OH excluding ortho intramolecular Hbond substituents is 1. The van der Waals surface area contributed by atoms with Crippen LogP contribution in [-0.4, -0.2) is 17.9 Å². The summed E-state index contributed by atoms with van der Waals surface area (Å²) >= 11 is 0. The molecule has 18 heavy (non-hydrogen) atoms. The van der Waals surface area contributed by atoms with E-state index < -0.39 is 0 Å². The van der Waals surface area contributed by atoms with Crippen LogP contribution in [0.15, 0.2) is 28.7 Å². The number of hydrogen-bond acceptors (Lipinski definition) is 4. The normalized spacial score (nSPS) is 13.8. The average molecular weight is 243 g/mol. The molecule has 0 bridgehead atoms. The molecule has 92 valence electrons. The highest BCUT2D eigenvalue weighted by molar-refractivity contribution is 5.78. The molecule has 0 fully saturated rings. The van der Waals surface area contributed by atoms with E-state index in [0.29, 0.717) is 17.8 Å². The lowest BCUT2D eigenvalue weighted by Gasteiger charge is -2.21. The zero-order chi connectivity index (χ0) is 12.5. The molecule has 0 radical (unpaired) electrons. The molecule has 0 spiro atoms. The van der Waals surface area contributed by atoms with Crippen molar-refractivity contribution < 1.29 is 14.3 Å². The Morgan fingerprint density at radius 2 is 2.17 bits per heavy atom. The standard InChI is InChI=1S/C14H13NO3/c16-8-9-3-6-13(18-9)10-4-5-12(17)14-11(10)2-1-7-15-14/h3-6,8,15,17H,1-2,7H2. The van der Waals surface area contributed by atoms with Gasteiger partial charge in [-0.2, -0.15) is 0 Å². The van der Waals surface area contributed by atoms with E-state index in [2.05, 4.69) is 5.32 Å². The van der Waals surface area contributed by atoms with Crippen LogP contribution in [0.25, 0.3) is 11.3 Å². The summed E-state index contributed by atoms with van der Waals surface area (Å²) in [6.07, 6.45) is 2.60. The Morgan fingerprint density at radius 3 is 2.94 bits per heavy atom. The second-order valence-corrected chi connectivity index (χ2v) is 4.34. The van der Waals surface area contributed by atoms with E-state index >= 15 is 0 Å². The van der Waals surface area contributed by atoms with Crippen molar-refractivity contribution in [2.24, 2.45) is 0 Å². The Hall–Kier alpha value is -2.23. The predicted octanol–water partition coefficient (Wildman–Crippen LogP) is 2.82. The second kappa shape index (κ2) is 4.22. The lowest BCUT2D eigenvalue weighted by Crippen LogP contribution is -2.12. The summed E-state index contributed by atoms with van der Waals surface area (Å²) in [6, 6.07) is 6.91. The largest absolute Gasteiger partial charge is 0.506 e. The van der Waals surface area contributed by atoms with E-state index in [4.69, 9.17) is 4.42 Å². The number of furan rings is 1. The highest BCUT2D eigenvalue weighted by Gasteiger charge is 2.19. The first-order valence-corrected chi connectivity index (χ1v) is 5.93. The summed E-state index contributed by atoms with van der Waals surface area (Å²) in [5.74, 6) is 1.24. The van der Waals surface area contributed by atoms with Gasteiger partial charge < -0.3 is 14.8 Å². The van der Waals surface area contributed by atoms with Crippen molar-refractivity contribution in [2.75, 3.05) is 11.9 Å². The fourth-order valence-electron chi connectivity index (χ4n) is 2.36. The Balaban J connectivity index is 2.14. The lowest BCUT2D eigenvalue weighted by molar-refractivity contribution is 0.110. The molecular weight excluding hydrogens is 230 g/mol. The number of anilines is 1. The summed E-state index contributed by atoms with van der Waals surface area (Å²) in [4.78, 5) is 10.6. The third kappa shape index (κ3) is 1.66. The van der Waals surface area contributed by atoms with E-state index in [1.165, 1.54) is 0 Å². The van der Waals surface area contributed by atoms with Crippen LogP contribution in [0.2, 0.25) is 0 Å². The van der Waals surface area contributed by atoms with Crippen molar-refractivity contribution in [1.82, 2.24) is 0 Å². The SMILES string of the molecule is O=Cc1ccc(-c2ccc(O)c3c2CCCN3)o1. The first kappa shape index (κ1) is 10.9. The predicted molar refractivity (Wildman–Crippen MR) is 68.0 cm³/mol. The van der Waals surface area contributed by atoms with Crippen molar-refractivity contribution in [3.05, 3.63) is 35.6 Å². The quantitative estimate of drug-likeness (QED) is 0.629. The van der Waals surface area contributed by atoms with Gasteiger partial charge in [0.2, 0.25) is 0 Å². The fraction of sp³-hybridized carbons (Fsp3) is 0.214. The molecule has 0 atom stereocenters. The molecule has 1 aromatic carbocycles. The second-order valence-electron chi connectivity index (χ2n) is 4.34. The van der Waals surface area contributed by atoms with Crippen molar-refractivity contribution in [2.45, 2.75) is 12.8 Å². The Bertz CT molecular complexity index is 601. The van der Waals surface area contributed by atoms with Crippen LogP contribution in [-0.2, 0) is 6.42 Å². The number of rotatable bonds is 2. The molecule has 2 N–H and O–H groups in total. The van der Waals surface area contributed by atoms with Crippen LogP contribution in [0.3, 0.4) is 0 Å². The zero-order valence-corrected chi connectivity index (χ0v) is 9.77. The molecule has 0 saturated heterocycles. The van der Waals surface area contributed by atoms with Gasteiger partial charge in [-0.15, -0.1) is 0 Å². The number of hydrogen-bond donors (Lipinski definition) is 2. The van der Waals surface area contributed by atoms with Gasteiger partial charge in [0, 0.05) is 12.1 Å². The maximum atomic E-state index is 10.6. The zero-order valence-electron chi connectivity index (χ0n) is 9.77. The van der Waals surface area contributed by atoms with Crippen molar-refractivity contribution in [1.29, 1.82) is 0 Å². The minimum atomic E-state index is 0.260. The molecule has 2 aromatic rings. The van der Waals surface area contributed by atoms with E-state index in [9.17, 15) is 9.90 Å². The lowest BCUT2D eigenvalue weighted by atomic mass is 9.95. The van der Waals surface area contributed by atoms with Gasteiger partial charge in [0.05, 0.1) is 5.69 Å². The minimum Gasteiger partial charge on any atom is -0.506 e. The fourth-order valence-corrected chi connectivity index (χ4v) is 2.36. The summed E-state index contributed by atoms with van der Waals surface area (Å²) in [7, 11) is 0. The highest BCUT2D eigenvalue weighted by atomic mass is 16.3. The van der Waals surface area contributed by atoms with Gasteiger partial charge >= 0.3 is 0 Å². The molecule has 1 aliphatic heterocycles. The smallest absolute Gasteiger partial charge is 0.185 e. The Morgan fingerprint density at radius 1 is 1.28 bits per heavy atom. The number of benzene rings is 1. The van der Waals surface area contributed by atoms with Crippen LogP contribution >= 0.6 is 0 Å². The summed E-state index contributed by atoms with van der Waals surface area (Å²) in [6.45, 7) is 0.863. The van der Waals surface area contributed by atoms with Gasteiger partial charge in [0.15, 0.2) is 12.0 Å². The van der Waals surface area contributed by atoms with Gasteiger partial charge in [-0.3, -0.25) is 4.79 Å². The summed E-state index contributed by atoms with van der Waals surface area (Å²) in [5, 5.41) is 13.0. The number of carbonyl (C=O) groups is 1. The number of aromatic hydroxyl groups is 1. The molecule has 3 rings (SSSR count). The Labute approximate surface area is 104 Å². The maximum Gasteiger partial charge on any atom is 0.185 e. The van der Waals surface area contributed by atoms with Gasteiger partial charge in [-0.25, -0.2) is 0 Å². The van der Waals surface area contributed by atoms with E-state index in [1.807, 2.05) is 6.07 Å².